The first-order chi connectivity index (χ1) is 14.0. The van der Waals surface area contributed by atoms with E-state index in [1.165, 1.54) is 17.4 Å². The van der Waals surface area contributed by atoms with Crippen molar-refractivity contribution in [3.63, 3.8) is 0 Å². The average Bonchev–Trinajstić information content (AvgIpc) is 2.72. The van der Waals surface area contributed by atoms with Gasteiger partial charge in [-0.15, -0.1) is 24.0 Å². The smallest absolute Gasteiger partial charge is 0.191 e. The monoisotopic (exact) mass is 542 g/mol. The van der Waals surface area contributed by atoms with Crippen molar-refractivity contribution in [2.75, 3.05) is 39.5 Å². The maximum absolute atomic E-state index is 11.5. The largest absolute Gasteiger partial charge is 0.356 e. The molecule has 30 heavy (non-hydrogen) atoms. The molecule has 2 aromatic rings. The molecule has 0 atom stereocenters. The van der Waals surface area contributed by atoms with E-state index < -0.39 is 9.84 Å². The number of benzene rings is 2. The van der Waals surface area contributed by atoms with Crippen LogP contribution in [0.3, 0.4) is 0 Å². The Morgan fingerprint density at radius 1 is 1.03 bits per heavy atom. The van der Waals surface area contributed by atoms with Crippen molar-refractivity contribution in [2.24, 2.45) is 4.99 Å². The van der Waals surface area contributed by atoms with Crippen LogP contribution >= 0.6 is 24.0 Å². The Morgan fingerprint density at radius 2 is 1.70 bits per heavy atom. The Balaban J connectivity index is 0.00000320. The summed E-state index contributed by atoms with van der Waals surface area (Å²) in [5.41, 5.74) is 3.99. The van der Waals surface area contributed by atoms with Gasteiger partial charge in [0.05, 0.1) is 4.90 Å². The minimum absolute atomic E-state index is 0. The fraction of sp³-hybridized carbons (Fsp3) is 0.409. The van der Waals surface area contributed by atoms with E-state index in [0.29, 0.717) is 4.90 Å². The molecule has 8 heteroatoms. The van der Waals surface area contributed by atoms with Crippen LogP contribution in [-0.4, -0.2) is 58.8 Å². The second-order valence-corrected chi connectivity index (χ2v) is 9.40. The molecule has 0 unspecified atom stereocenters. The van der Waals surface area contributed by atoms with Gasteiger partial charge in [-0.25, -0.2) is 8.42 Å². The molecule has 0 amide bonds. The first kappa shape index (κ1) is 24.6. The summed E-state index contributed by atoms with van der Waals surface area (Å²) in [5, 5.41) is 6.69. The number of sulfone groups is 1. The van der Waals surface area contributed by atoms with Gasteiger partial charge in [0, 0.05) is 46.0 Å². The predicted molar refractivity (Wildman–Crippen MR) is 133 cm³/mol. The zero-order chi connectivity index (χ0) is 20.7. The molecular formula is C22H31IN4O2S. The Kier molecular flexibility index (Phi) is 9.57. The summed E-state index contributed by atoms with van der Waals surface area (Å²) in [4.78, 5) is 7.10. The van der Waals surface area contributed by atoms with Crippen molar-refractivity contribution in [3.8, 4) is 0 Å². The molecule has 2 aromatic carbocycles. The molecule has 1 heterocycles. The lowest BCUT2D eigenvalue weighted by molar-refractivity contribution is 0.258. The van der Waals surface area contributed by atoms with Crippen LogP contribution in [0.15, 0.2) is 58.4 Å². The summed E-state index contributed by atoms with van der Waals surface area (Å²) < 4.78 is 23.0. The van der Waals surface area contributed by atoms with Crippen molar-refractivity contribution in [2.45, 2.75) is 24.3 Å². The zero-order valence-electron chi connectivity index (χ0n) is 17.6. The Labute approximate surface area is 197 Å². The lowest BCUT2D eigenvalue weighted by atomic mass is 10.00. The number of aliphatic imine (C=N–C) groups is 1. The number of guanidine groups is 1. The summed E-state index contributed by atoms with van der Waals surface area (Å²) in [6, 6.07) is 15.7. The lowest BCUT2D eigenvalue weighted by Crippen LogP contribution is -2.43. The van der Waals surface area contributed by atoms with E-state index in [0.717, 1.165) is 57.1 Å². The van der Waals surface area contributed by atoms with Crippen LogP contribution in [0.5, 0.6) is 0 Å². The van der Waals surface area contributed by atoms with Gasteiger partial charge in [0.2, 0.25) is 0 Å². The zero-order valence-corrected chi connectivity index (χ0v) is 20.7. The molecular weight excluding hydrogens is 511 g/mol. The van der Waals surface area contributed by atoms with E-state index in [2.05, 4.69) is 44.8 Å². The first-order valence-corrected chi connectivity index (χ1v) is 11.9. The summed E-state index contributed by atoms with van der Waals surface area (Å²) in [6.07, 6.45) is 3.14. The molecule has 0 aromatic heterocycles. The highest BCUT2D eigenvalue weighted by molar-refractivity contribution is 14.0. The molecule has 3 rings (SSSR count). The number of nitrogens with one attached hydrogen (secondary N) is 2. The van der Waals surface area contributed by atoms with Crippen LogP contribution in [0, 0.1) is 0 Å². The normalized spacial score (nSPS) is 14.5. The fourth-order valence-corrected chi connectivity index (χ4v) is 4.16. The predicted octanol–water partition coefficient (Wildman–Crippen LogP) is 2.47. The van der Waals surface area contributed by atoms with Gasteiger partial charge >= 0.3 is 0 Å². The number of nitrogens with zero attached hydrogens (tertiary/aromatic N) is 2. The second kappa shape index (κ2) is 11.7. The van der Waals surface area contributed by atoms with E-state index in [1.807, 2.05) is 12.1 Å². The highest BCUT2D eigenvalue weighted by atomic mass is 127. The van der Waals surface area contributed by atoms with Crippen LogP contribution in [0.2, 0.25) is 0 Å². The van der Waals surface area contributed by atoms with Gasteiger partial charge in [0.15, 0.2) is 15.8 Å². The third kappa shape index (κ3) is 7.24. The molecule has 6 nitrogen and oxygen atoms in total. The van der Waals surface area contributed by atoms with Crippen LogP contribution in [-0.2, 0) is 29.2 Å². The van der Waals surface area contributed by atoms with E-state index in [9.17, 15) is 8.42 Å². The van der Waals surface area contributed by atoms with Crippen LogP contribution < -0.4 is 10.6 Å². The quantitative estimate of drug-likeness (QED) is 0.320. The molecule has 2 N–H and O–H groups in total. The Bertz CT molecular complexity index is 946. The summed E-state index contributed by atoms with van der Waals surface area (Å²) >= 11 is 0. The molecule has 164 valence electrons. The maximum atomic E-state index is 11.5. The van der Waals surface area contributed by atoms with Gasteiger partial charge < -0.3 is 10.6 Å². The molecule has 0 spiro atoms. The van der Waals surface area contributed by atoms with Crippen molar-refractivity contribution >= 4 is 39.8 Å². The van der Waals surface area contributed by atoms with Gasteiger partial charge in [-0.2, -0.15) is 0 Å². The van der Waals surface area contributed by atoms with Gasteiger partial charge in [-0.1, -0.05) is 36.4 Å². The minimum Gasteiger partial charge on any atom is -0.356 e. The van der Waals surface area contributed by atoms with E-state index in [-0.39, 0.29) is 24.0 Å². The van der Waals surface area contributed by atoms with Crippen molar-refractivity contribution < 1.29 is 8.42 Å². The highest BCUT2D eigenvalue weighted by Gasteiger charge is 2.15. The summed E-state index contributed by atoms with van der Waals surface area (Å²) in [6.45, 7) is 4.64. The van der Waals surface area contributed by atoms with Crippen molar-refractivity contribution in [1.29, 1.82) is 0 Å². The molecule has 1 aliphatic heterocycles. The fourth-order valence-electron chi connectivity index (χ4n) is 3.53. The molecule has 0 saturated heterocycles. The molecule has 0 bridgehead atoms. The first-order valence-electron chi connectivity index (χ1n) is 9.98. The average molecular weight is 542 g/mol. The number of halogens is 1. The second-order valence-electron chi connectivity index (χ2n) is 7.39. The highest BCUT2D eigenvalue weighted by Crippen LogP contribution is 2.17. The van der Waals surface area contributed by atoms with Gasteiger partial charge in [0.25, 0.3) is 0 Å². The topological polar surface area (TPSA) is 73.8 Å². The van der Waals surface area contributed by atoms with E-state index >= 15 is 0 Å². The third-order valence-corrected chi connectivity index (χ3v) is 6.34. The number of fused-ring (bicyclic) bond motifs is 1. The van der Waals surface area contributed by atoms with Crippen molar-refractivity contribution in [1.82, 2.24) is 15.5 Å². The molecule has 0 saturated carbocycles. The SMILES string of the molecule is CN=C(NCCc1ccc(S(C)(=O)=O)cc1)NCCN1CCc2ccccc2C1.I. The summed E-state index contributed by atoms with van der Waals surface area (Å²) in [5.74, 6) is 0.787. The number of hydrogen-bond donors (Lipinski definition) is 2. The standard InChI is InChI=1S/C22H30N4O2S.HI/c1-23-22(24-13-11-18-7-9-21(10-8-18)29(2,27)28)25-14-16-26-15-12-19-5-3-4-6-20(19)17-26;/h3-10H,11-17H2,1-2H3,(H2,23,24,25);1H. The van der Waals surface area contributed by atoms with E-state index in [1.54, 1.807) is 19.2 Å². The minimum atomic E-state index is -3.14. The van der Waals surface area contributed by atoms with Crippen molar-refractivity contribution in [3.05, 3.63) is 65.2 Å². The van der Waals surface area contributed by atoms with Gasteiger partial charge in [-0.3, -0.25) is 9.89 Å². The molecule has 0 aliphatic carbocycles. The molecule has 0 radical (unpaired) electrons. The van der Waals surface area contributed by atoms with Gasteiger partial charge in [-0.05, 0) is 41.7 Å². The Hall–Kier alpha value is -1.65. The lowest BCUT2D eigenvalue weighted by Gasteiger charge is -2.28. The Morgan fingerprint density at radius 3 is 2.37 bits per heavy atom. The maximum Gasteiger partial charge on any atom is 0.191 e. The molecule has 0 fully saturated rings. The third-order valence-electron chi connectivity index (χ3n) is 5.21. The number of hydrogen-bond acceptors (Lipinski definition) is 4. The van der Waals surface area contributed by atoms with Crippen LogP contribution in [0.4, 0.5) is 0 Å². The summed E-state index contributed by atoms with van der Waals surface area (Å²) in [7, 11) is -1.37. The van der Waals surface area contributed by atoms with E-state index in [4.69, 9.17) is 0 Å². The van der Waals surface area contributed by atoms with Crippen LogP contribution in [0.25, 0.3) is 0 Å². The van der Waals surface area contributed by atoms with Gasteiger partial charge in [0.1, 0.15) is 0 Å². The number of rotatable bonds is 7. The molecule has 1 aliphatic rings. The van der Waals surface area contributed by atoms with Crippen LogP contribution in [0.1, 0.15) is 16.7 Å².